The Hall–Kier alpha value is -2.93. The molecule has 0 aliphatic rings. The molecular weight excluding hydrogens is 462 g/mol. The third-order valence-corrected chi connectivity index (χ3v) is 8.45. The van der Waals surface area contributed by atoms with Gasteiger partial charge >= 0.3 is 0 Å². The number of aryl methyl sites for hydroxylation is 6. The van der Waals surface area contributed by atoms with Gasteiger partial charge in [-0.2, -0.15) is 0 Å². The van der Waals surface area contributed by atoms with Crippen LogP contribution in [0.4, 0.5) is 0 Å². The van der Waals surface area contributed by atoms with E-state index in [1.165, 1.54) is 0 Å². The summed E-state index contributed by atoms with van der Waals surface area (Å²) in [4.78, 5) is 28.0. The average molecular weight is 492 g/mol. The van der Waals surface area contributed by atoms with Crippen molar-refractivity contribution < 1.29 is 18.7 Å². The van der Waals surface area contributed by atoms with E-state index < -0.39 is 18.2 Å². The van der Waals surface area contributed by atoms with Gasteiger partial charge in [0.15, 0.2) is 0 Å². The summed E-state index contributed by atoms with van der Waals surface area (Å²) in [7, 11) is -2.55. The summed E-state index contributed by atoms with van der Waals surface area (Å²) in [6, 6.07) is 16.4. The predicted octanol–water partition coefficient (Wildman–Crippen LogP) is 8.03. The first-order chi connectivity index (χ1) is 16.0. The third-order valence-electron chi connectivity index (χ3n) is 5.84. The van der Waals surface area contributed by atoms with Gasteiger partial charge in [-0.05, 0) is 69.4 Å². The molecule has 0 saturated heterocycles. The van der Waals surface area contributed by atoms with Crippen LogP contribution in [0.5, 0.6) is 0 Å². The van der Waals surface area contributed by atoms with Crippen molar-refractivity contribution in [3.8, 4) is 0 Å². The molecule has 176 valence electrons. The molecule has 6 heteroatoms. The van der Waals surface area contributed by atoms with Crippen molar-refractivity contribution >= 4 is 32.6 Å². The molecule has 0 fully saturated rings. The Morgan fingerprint density at radius 2 is 1.00 bits per heavy atom. The molecule has 0 amide bonds. The summed E-state index contributed by atoms with van der Waals surface area (Å²) in [5.41, 5.74) is 4.75. The Kier molecular flexibility index (Phi) is 8.83. The first-order valence-electron chi connectivity index (χ1n) is 10.8. The molecule has 0 unspecified atom stereocenters. The van der Waals surface area contributed by atoms with Crippen molar-refractivity contribution in [2.24, 2.45) is 0 Å². The Morgan fingerprint density at radius 3 is 1.32 bits per heavy atom. The van der Waals surface area contributed by atoms with Gasteiger partial charge in [0.25, 0.3) is 0 Å². The van der Waals surface area contributed by atoms with Crippen LogP contribution >= 0.6 is 16.3 Å². The van der Waals surface area contributed by atoms with Gasteiger partial charge < -0.3 is 4.57 Å². The minimum Gasteiger partial charge on any atom is -0.302 e. The molecule has 0 radical (unpaired) electrons. The monoisotopic (exact) mass is 492 g/mol. The molecule has 0 saturated carbocycles. The van der Waals surface area contributed by atoms with Gasteiger partial charge in [-0.25, -0.2) is 0 Å². The summed E-state index contributed by atoms with van der Waals surface area (Å²) in [5, 5.41) is 0.0758. The molecule has 0 atom stereocenters. The van der Waals surface area contributed by atoms with Crippen LogP contribution < -0.4 is 0 Å². The maximum Gasteiger partial charge on any atom is 0.248 e. The van der Waals surface area contributed by atoms with E-state index in [-0.39, 0.29) is 5.31 Å². The fraction of sp³-hybridized carbons (Fsp3) is 0.214. The molecule has 0 spiro atoms. The molecule has 0 heterocycles. The second-order valence-corrected chi connectivity index (χ2v) is 11.2. The average Bonchev–Trinajstić information content (AvgIpc) is 2.78. The summed E-state index contributed by atoms with van der Waals surface area (Å²) < 4.78 is 22.8. The van der Waals surface area contributed by atoms with Gasteiger partial charge in [0.2, 0.25) is 18.2 Å². The molecule has 4 nitrogen and oxygen atoms in total. The zero-order valence-electron chi connectivity index (χ0n) is 20.5. The molecule has 3 aromatic carbocycles. The first kappa shape index (κ1) is 27.3. The van der Waals surface area contributed by atoms with Gasteiger partial charge in [-0.3, -0.25) is 14.2 Å². The van der Waals surface area contributed by atoms with Gasteiger partial charge in [-0.1, -0.05) is 72.3 Å². The van der Waals surface area contributed by atoms with Gasteiger partial charge in [0.1, 0.15) is 9.12 Å². The predicted molar refractivity (Wildman–Crippen MR) is 142 cm³/mol. The molecule has 0 aromatic heterocycles. The minimum atomic E-state index is -4.27. The number of rotatable bonds is 6. The van der Waals surface area contributed by atoms with Crippen molar-refractivity contribution in [1.82, 2.24) is 0 Å². The highest BCUT2D eigenvalue weighted by molar-refractivity contribution is 8.02. The molecular formula is C28H30O4P2. The lowest BCUT2D eigenvalue weighted by Crippen LogP contribution is -2.16. The van der Waals surface area contributed by atoms with Crippen molar-refractivity contribution in [3.05, 3.63) is 111 Å². The normalized spacial score (nSPS) is 10.8. The van der Waals surface area contributed by atoms with E-state index >= 15 is 0 Å². The largest absolute Gasteiger partial charge is 0.302 e. The van der Waals surface area contributed by atoms with Crippen molar-refractivity contribution in [2.45, 2.75) is 41.5 Å². The van der Waals surface area contributed by atoms with Crippen LogP contribution in [0.2, 0.25) is 0 Å². The zero-order chi connectivity index (χ0) is 25.8. The summed E-state index contributed by atoms with van der Waals surface area (Å²) in [6.45, 7) is 15.2. The van der Waals surface area contributed by atoms with E-state index in [2.05, 4.69) is 6.58 Å². The van der Waals surface area contributed by atoms with E-state index in [1.54, 1.807) is 33.4 Å². The highest BCUT2D eigenvalue weighted by Gasteiger charge is 2.45. The van der Waals surface area contributed by atoms with Crippen LogP contribution in [-0.2, 0) is 9.13 Å². The zero-order valence-corrected chi connectivity index (χ0v) is 22.4. The lowest BCUT2D eigenvalue weighted by atomic mass is 10.0. The molecule has 3 aromatic rings. The molecule has 34 heavy (non-hydrogen) atoms. The van der Waals surface area contributed by atoms with Crippen LogP contribution in [0.25, 0.3) is 5.31 Å². The summed E-state index contributed by atoms with van der Waals surface area (Å²) in [6.07, 6.45) is 0. The fourth-order valence-corrected chi connectivity index (χ4v) is 7.02. The lowest BCUT2D eigenvalue weighted by molar-refractivity contribution is 0.104. The van der Waals surface area contributed by atoms with Crippen LogP contribution in [0.1, 0.15) is 59.7 Å². The standard InChI is InChI=1S/C28H29O3P.HOP/c1-17-13-19(3)25(20(4)14-17)27(29)32(31,23(7)24-11-9-8-10-12-24)28(30)26-21(5)15-18(2)16-22(26)6;1-2/h8-16H,7H2,1-6H3;2H. The van der Waals surface area contributed by atoms with Crippen molar-refractivity contribution in [3.63, 3.8) is 0 Å². The van der Waals surface area contributed by atoms with Gasteiger partial charge in [0, 0.05) is 16.4 Å². The van der Waals surface area contributed by atoms with Crippen LogP contribution in [-0.4, -0.2) is 11.0 Å². The Morgan fingerprint density at radius 1 is 0.676 bits per heavy atom. The Labute approximate surface area is 204 Å². The topological polar surface area (TPSA) is 68.3 Å². The number of benzene rings is 3. The third kappa shape index (κ3) is 5.09. The smallest absolute Gasteiger partial charge is 0.248 e. The highest BCUT2D eigenvalue weighted by Crippen LogP contribution is 2.63. The second-order valence-electron chi connectivity index (χ2n) is 8.58. The SMILES string of the molecule is C=C(c1ccccc1)P(=O)(C(=O)c1c(C)cc(C)cc1C)C(=O)c1c(C)cc(C)cc1C.O=P. The van der Waals surface area contributed by atoms with Crippen LogP contribution in [0, 0.1) is 41.5 Å². The number of carbonyl (C=O) groups is 2. The molecule has 0 bridgehead atoms. The number of carbonyl (C=O) groups excluding carboxylic acids is 2. The summed E-state index contributed by atoms with van der Waals surface area (Å²) >= 11 is 0. The minimum absolute atomic E-state index is 0.0758. The lowest BCUT2D eigenvalue weighted by Gasteiger charge is -2.23. The number of hydrogen-bond donors (Lipinski definition) is 0. The maximum atomic E-state index is 14.7. The van der Waals surface area contributed by atoms with E-state index in [0.717, 1.165) is 11.1 Å². The first-order valence-corrected chi connectivity index (χ1v) is 12.9. The van der Waals surface area contributed by atoms with E-state index in [0.29, 0.717) is 38.9 Å². The van der Waals surface area contributed by atoms with Crippen LogP contribution in [0.15, 0.2) is 61.2 Å². The molecule has 0 aliphatic carbocycles. The van der Waals surface area contributed by atoms with Crippen molar-refractivity contribution in [1.29, 1.82) is 0 Å². The van der Waals surface area contributed by atoms with E-state index in [4.69, 9.17) is 4.57 Å². The van der Waals surface area contributed by atoms with Crippen LogP contribution in [0.3, 0.4) is 0 Å². The van der Waals surface area contributed by atoms with Gasteiger partial charge in [-0.15, -0.1) is 0 Å². The molecule has 0 N–H and O–H groups in total. The summed E-state index contributed by atoms with van der Waals surface area (Å²) in [5.74, 6) is 0. The Bertz CT molecular complexity index is 1200. The molecule has 3 rings (SSSR count). The second kappa shape index (κ2) is 11.0. The van der Waals surface area contributed by atoms with Gasteiger partial charge in [0.05, 0.1) is 0 Å². The highest BCUT2D eigenvalue weighted by atomic mass is 31.2. The number of hydrogen-bond acceptors (Lipinski definition) is 4. The fourth-order valence-electron chi connectivity index (χ4n) is 4.50. The Balaban J connectivity index is 0.00000199. The quantitative estimate of drug-likeness (QED) is 0.327. The van der Waals surface area contributed by atoms with E-state index in [9.17, 15) is 14.2 Å². The van der Waals surface area contributed by atoms with E-state index in [1.807, 2.05) is 71.9 Å². The molecule has 0 aliphatic heterocycles. The van der Waals surface area contributed by atoms with Crippen molar-refractivity contribution in [2.75, 3.05) is 0 Å². The maximum absolute atomic E-state index is 14.7.